The molecular weight excluding hydrogens is 450 g/mol. The number of benzene rings is 3. The fourth-order valence-electron chi connectivity index (χ4n) is 3.98. The predicted molar refractivity (Wildman–Crippen MR) is 129 cm³/mol. The van der Waals surface area contributed by atoms with Crippen molar-refractivity contribution in [1.29, 1.82) is 0 Å². The van der Waals surface area contributed by atoms with Crippen molar-refractivity contribution in [3.05, 3.63) is 94.5 Å². The van der Waals surface area contributed by atoms with Crippen molar-refractivity contribution >= 4 is 21.7 Å². The number of aromatic nitrogens is 2. The summed E-state index contributed by atoms with van der Waals surface area (Å²) in [6, 6.07) is 26.7. The SMILES string of the molecule is Brc1ccccc1-c1nn(-c2ccc(OCc3ccccc3)cc2)c2c1CCCCN2. The Balaban J connectivity index is 1.46. The molecule has 0 fully saturated rings. The zero-order chi connectivity index (χ0) is 21.0. The lowest BCUT2D eigenvalue weighted by atomic mass is 10.0. The van der Waals surface area contributed by atoms with Crippen LogP contribution in [0, 0.1) is 0 Å². The topological polar surface area (TPSA) is 39.1 Å². The highest BCUT2D eigenvalue weighted by molar-refractivity contribution is 9.10. The Bertz CT molecular complexity index is 1170. The van der Waals surface area contributed by atoms with Crippen LogP contribution in [0.25, 0.3) is 16.9 Å². The number of nitrogens with zero attached hydrogens (tertiary/aromatic N) is 2. The van der Waals surface area contributed by atoms with Gasteiger partial charge in [0.25, 0.3) is 0 Å². The number of hydrogen-bond acceptors (Lipinski definition) is 3. The summed E-state index contributed by atoms with van der Waals surface area (Å²) in [5.41, 5.74) is 5.64. The van der Waals surface area contributed by atoms with E-state index in [1.807, 2.05) is 41.1 Å². The highest BCUT2D eigenvalue weighted by Gasteiger charge is 2.22. The molecule has 1 N–H and O–H groups in total. The largest absolute Gasteiger partial charge is 0.489 e. The third kappa shape index (κ3) is 4.23. The Labute approximate surface area is 191 Å². The minimum absolute atomic E-state index is 0.561. The second-order valence-corrected chi connectivity index (χ2v) is 8.57. The number of rotatable bonds is 5. The molecule has 0 atom stereocenters. The first-order chi connectivity index (χ1) is 15.3. The lowest BCUT2D eigenvalue weighted by Gasteiger charge is -2.11. The third-order valence-corrected chi connectivity index (χ3v) is 6.28. The maximum Gasteiger partial charge on any atom is 0.133 e. The molecule has 5 rings (SSSR count). The first kappa shape index (κ1) is 19.9. The van der Waals surface area contributed by atoms with Gasteiger partial charge in [-0.25, -0.2) is 4.68 Å². The van der Waals surface area contributed by atoms with Crippen LogP contribution in [0.2, 0.25) is 0 Å². The number of fused-ring (bicyclic) bond motifs is 1. The number of nitrogens with one attached hydrogen (secondary N) is 1. The fourth-order valence-corrected chi connectivity index (χ4v) is 4.46. The quantitative estimate of drug-likeness (QED) is 0.353. The first-order valence-electron chi connectivity index (χ1n) is 10.7. The average Bonchev–Trinajstić information content (AvgIpc) is 2.99. The van der Waals surface area contributed by atoms with Crippen molar-refractivity contribution < 1.29 is 4.74 Å². The monoisotopic (exact) mass is 473 g/mol. The van der Waals surface area contributed by atoms with E-state index in [2.05, 4.69) is 63.7 Å². The van der Waals surface area contributed by atoms with Gasteiger partial charge < -0.3 is 10.1 Å². The van der Waals surface area contributed by atoms with Crippen molar-refractivity contribution in [2.75, 3.05) is 11.9 Å². The van der Waals surface area contributed by atoms with Gasteiger partial charge >= 0.3 is 0 Å². The Morgan fingerprint density at radius 1 is 0.903 bits per heavy atom. The number of ether oxygens (including phenoxy) is 1. The normalized spacial score (nSPS) is 13.2. The van der Waals surface area contributed by atoms with Gasteiger partial charge in [-0.15, -0.1) is 0 Å². The summed E-state index contributed by atoms with van der Waals surface area (Å²) in [5, 5.41) is 8.66. The summed E-state index contributed by atoms with van der Waals surface area (Å²) in [6.45, 7) is 1.53. The molecule has 5 heteroatoms. The Kier molecular flexibility index (Phi) is 5.76. The summed E-state index contributed by atoms with van der Waals surface area (Å²) < 4.78 is 9.06. The van der Waals surface area contributed by atoms with Crippen LogP contribution < -0.4 is 10.1 Å². The first-order valence-corrected chi connectivity index (χ1v) is 11.5. The van der Waals surface area contributed by atoms with Crippen LogP contribution in [-0.4, -0.2) is 16.3 Å². The summed E-state index contributed by atoms with van der Waals surface area (Å²) in [5.74, 6) is 1.95. The van der Waals surface area contributed by atoms with Gasteiger partial charge in [0, 0.05) is 22.1 Å². The lowest BCUT2D eigenvalue weighted by molar-refractivity contribution is 0.306. The van der Waals surface area contributed by atoms with E-state index >= 15 is 0 Å². The van der Waals surface area contributed by atoms with Crippen LogP contribution in [0.15, 0.2) is 83.3 Å². The predicted octanol–water partition coefficient (Wildman–Crippen LogP) is 6.63. The fraction of sp³-hybridized carbons (Fsp3) is 0.192. The molecule has 0 radical (unpaired) electrons. The van der Waals surface area contributed by atoms with Crippen LogP contribution in [0.5, 0.6) is 5.75 Å². The zero-order valence-electron chi connectivity index (χ0n) is 17.2. The van der Waals surface area contributed by atoms with Crippen LogP contribution in [0.1, 0.15) is 24.0 Å². The Morgan fingerprint density at radius 3 is 2.48 bits per heavy atom. The number of halogens is 1. The zero-order valence-corrected chi connectivity index (χ0v) is 18.8. The summed E-state index contributed by atoms with van der Waals surface area (Å²) >= 11 is 3.71. The maximum absolute atomic E-state index is 5.95. The molecule has 0 amide bonds. The molecule has 156 valence electrons. The maximum atomic E-state index is 5.95. The number of anilines is 1. The molecule has 1 aromatic heterocycles. The molecule has 0 bridgehead atoms. The minimum Gasteiger partial charge on any atom is -0.489 e. The van der Waals surface area contributed by atoms with Gasteiger partial charge in [0.05, 0.1) is 11.4 Å². The van der Waals surface area contributed by atoms with Gasteiger partial charge in [-0.05, 0) is 55.2 Å². The highest BCUT2D eigenvalue weighted by Crippen LogP contribution is 2.37. The molecule has 0 saturated carbocycles. The smallest absolute Gasteiger partial charge is 0.133 e. The van der Waals surface area contributed by atoms with Gasteiger partial charge in [-0.1, -0.05) is 64.5 Å². The molecule has 2 heterocycles. The van der Waals surface area contributed by atoms with E-state index in [0.29, 0.717) is 6.61 Å². The van der Waals surface area contributed by atoms with Crippen molar-refractivity contribution in [2.24, 2.45) is 0 Å². The molecule has 0 aliphatic carbocycles. The second kappa shape index (κ2) is 8.98. The minimum atomic E-state index is 0.561. The van der Waals surface area contributed by atoms with Crippen LogP contribution >= 0.6 is 15.9 Å². The van der Waals surface area contributed by atoms with E-state index in [9.17, 15) is 0 Å². The van der Waals surface area contributed by atoms with Crippen molar-refractivity contribution in [2.45, 2.75) is 25.9 Å². The molecule has 1 aliphatic heterocycles. The van der Waals surface area contributed by atoms with Gasteiger partial charge in [-0.2, -0.15) is 5.10 Å². The van der Waals surface area contributed by atoms with E-state index in [1.165, 1.54) is 5.56 Å². The third-order valence-electron chi connectivity index (χ3n) is 5.59. The molecule has 0 unspecified atom stereocenters. The Morgan fingerprint density at radius 2 is 1.68 bits per heavy atom. The van der Waals surface area contributed by atoms with E-state index in [0.717, 1.165) is 64.4 Å². The van der Waals surface area contributed by atoms with Crippen LogP contribution in [0.3, 0.4) is 0 Å². The Hall–Kier alpha value is -3.05. The molecule has 31 heavy (non-hydrogen) atoms. The lowest BCUT2D eigenvalue weighted by Crippen LogP contribution is -2.07. The molecular formula is C26H24BrN3O. The van der Waals surface area contributed by atoms with Gasteiger partial charge in [0.1, 0.15) is 18.2 Å². The van der Waals surface area contributed by atoms with E-state index < -0.39 is 0 Å². The van der Waals surface area contributed by atoms with Gasteiger partial charge in [0.2, 0.25) is 0 Å². The molecule has 1 aliphatic rings. The van der Waals surface area contributed by atoms with Crippen LogP contribution in [-0.2, 0) is 13.0 Å². The van der Waals surface area contributed by atoms with E-state index in [4.69, 9.17) is 9.84 Å². The van der Waals surface area contributed by atoms with Gasteiger partial charge in [0.15, 0.2) is 0 Å². The molecule has 4 aromatic rings. The summed E-state index contributed by atoms with van der Waals surface area (Å²) in [7, 11) is 0. The summed E-state index contributed by atoms with van der Waals surface area (Å²) in [6.07, 6.45) is 3.35. The average molecular weight is 474 g/mol. The van der Waals surface area contributed by atoms with Gasteiger partial charge in [-0.3, -0.25) is 0 Å². The van der Waals surface area contributed by atoms with Crippen molar-refractivity contribution in [3.8, 4) is 22.7 Å². The molecule has 0 saturated heterocycles. The second-order valence-electron chi connectivity index (χ2n) is 7.72. The highest BCUT2D eigenvalue weighted by atomic mass is 79.9. The van der Waals surface area contributed by atoms with Crippen LogP contribution in [0.4, 0.5) is 5.82 Å². The van der Waals surface area contributed by atoms with E-state index in [-0.39, 0.29) is 0 Å². The molecule has 4 nitrogen and oxygen atoms in total. The van der Waals surface area contributed by atoms with Crippen molar-refractivity contribution in [3.63, 3.8) is 0 Å². The standard InChI is InChI=1S/C26H24BrN3O/c27-24-12-5-4-10-22(24)25-23-11-6-7-17-28-26(23)30(29-25)20-13-15-21(16-14-20)31-18-19-8-2-1-3-9-19/h1-5,8-10,12-16,28H,6-7,11,17-18H2. The number of hydrogen-bond donors (Lipinski definition) is 1. The van der Waals surface area contributed by atoms with Crippen molar-refractivity contribution in [1.82, 2.24) is 9.78 Å². The van der Waals surface area contributed by atoms with E-state index in [1.54, 1.807) is 0 Å². The summed E-state index contributed by atoms with van der Waals surface area (Å²) in [4.78, 5) is 0. The molecule has 3 aromatic carbocycles. The molecule has 0 spiro atoms.